The maximum atomic E-state index is 12.0. The quantitative estimate of drug-likeness (QED) is 0.716. The first-order valence-electron chi connectivity index (χ1n) is 5.15. The van der Waals surface area contributed by atoms with Crippen LogP contribution in [0.5, 0.6) is 0 Å². The summed E-state index contributed by atoms with van der Waals surface area (Å²) >= 11 is 4.85. The highest BCUT2D eigenvalue weighted by Crippen LogP contribution is 2.12. The fourth-order valence-electron chi connectivity index (χ4n) is 1.44. The highest BCUT2D eigenvalue weighted by molar-refractivity contribution is 7.80. The van der Waals surface area contributed by atoms with E-state index in [0.29, 0.717) is 16.9 Å². The molecular formula is C11H11N5OS. The van der Waals surface area contributed by atoms with Crippen LogP contribution in [-0.2, 0) is 0 Å². The van der Waals surface area contributed by atoms with Crippen molar-refractivity contribution in [1.82, 2.24) is 15.2 Å². The van der Waals surface area contributed by atoms with Crippen LogP contribution in [0.4, 0.5) is 5.82 Å². The molecule has 2 aromatic heterocycles. The minimum Gasteiger partial charge on any atom is -0.389 e. The maximum absolute atomic E-state index is 12.0. The molecule has 0 unspecified atom stereocenters. The van der Waals surface area contributed by atoms with Crippen molar-refractivity contribution in [2.24, 2.45) is 5.73 Å². The van der Waals surface area contributed by atoms with Crippen LogP contribution in [0.25, 0.3) is 0 Å². The third-order valence-corrected chi connectivity index (χ3v) is 2.52. The van der Waals surface area contributed by atoms with Gasteiger partial charge in [0.15, 0.2) is 0 Å². The average molecular weight is 261 g/mol. The molecule has 2 rings (SSSR count). The maximum Gasteiger partial charge on any atom is 0.256 e. The van der Waals surface area contributed by atoms with E-state index in [1.165, 1.54) is 6.20 Å². The Bertz CT molecular complexity index is 607. The van der Waals surface area contributed by atoms with Gasteiger partial charge in [-0.1, -0.05) is 12.2 Å². The summed E-state index contributed by atoms with van der Waals surface area (Å²) in [6.45, 7) is 1.81. The van der Waals surface area contributed by atoms with E-state index in [9.17, 15) is 4.79 Å². The van der Waals surface area contributed by atoms with Gasteiger partial charge in [-0.3, -0.25) is 14.9 Å². The zero-order chi connectivity index (χ0) is 13.1. The molecule has 0 atom stereocenters. The molecule has 0 saturated heterocycles. The van der Waals surface area contributed by atoms with E-state index >= 15 is 0 Å². The molecule has 0 fully saturated rings. The van der Waals surface area contributed by atoms with Crippen LogP contribution in [-0.4, -0.2) is 26.1 Å². The van der Waals surface area contributed by atoms with Gasteiger partial charge in [-0.2, -0.15) is 5.10 Å². The van der Waals surface area contributed by atoms with Crippen molar-refractivity contribution in [3.8, 4) is 0 Å². The molecule has 2 aromatic rings. The topological polar surface area (TPSA) is 96.7 Å². The lowest BCUT2D eigenvalue weighted by Crippen LogP contribution is -2.17. The van der Waals surface area contributed by atoms with Crippen molar-refractivity contribution < 1.29 is 4.79 Å². The smallest absolute Gasteiger partial charge is 0.256 e. The average Bonchev–Trinajstić information content (AvgIpc) is 2.77. The Kier molecular flexibility index (Phi) is 3.33. The lowest BCUT2D eigenvalue weighted by Gasteiger charge is -2.05. The summed E-state index contributed by atoms with van der Waals surface area (Å²) < 4.78 is 0. The van der Waals surface area contributed by atoms with Gasteiger partial charge in [0.25, 0.3) is 5.91 Å². The van der Waals surface area contributed by atoms with Crippen LogP contribution in [0.3, 0.4) is 0 Å². The summed E-state index contributed by atoms with van der Waals surface area (Å²) in [5.41, 5.74) is 7.28. The molecule has 0 radical (unpaired) electrons. The number of nitrogens with two attached hydrogens (primary N) is 1. The molecule has 92 valence electrons. The van der Waals surface area contributed by atoms with E-state index in [2.05, 4.69) is 20.5 Å². The van der Waals surface area contributed by atoms with Gasteiger partial charge in [-0.15, -0.1) is 0 Å². The highest BCUT2D eigenvalue weighted by atomic mass is 32.1. The van der Waals surface area contributed by atoms with Gasteiger partial charge < -0.3 is 11.1 Å². The number of nitrogens with one attached hydrogen (secondary N) is 2. The molecule has 2 heterocycles. The molecule has 0 aliphatic rings. The molecule has 0 bridgehead atoms. The van der Waals surface area contributed by atoms with Crippen molar-refractivity contribution in [2.45, 2.75) is 6.92 Å². The van der Waals surface area contributed by atoms with Crippen LogP contribution in [0.1, 0.15) is 21.6 Å². The molecule has 0 aliphatic carbocycles. The summed E-state index contributed by atoms with van der Waals surface area (Å²) in [5, 5.41) is 9.09. The number of aryl methyl sites for hydroxylation is 1. The van der Waals surface area contributed by atoms with E-state index in [-0.39, 0.29) is 10.9 Å². The minimum absolute atomic E-state index is 0.171. The molecule has 7 heteroatoms. The second-order valence-corrected chi connectivity index (χ2v) is 4.10. The predicted molar refractivity (Wildman–Crippen MR) is 71.4 cm³/mol. The van der Waals surface area contributed by atoms with Gasteiger partial charge >= 0.3 is 0 Å². The fraction of sp³-hybridized carbons (Fsp3) is 0.0909. The number of aromatic amines is 1. The standard InChI is InChI=1S/C11H11N5OS/c1-6-4-7(2-3-13-6)11(17)15-10-8(9(12)18)5-14-16-10/h2-5H,1H3,(H2,12,18)(H2,14,15,16,17). The highest BCUT2D eigenvalue weighted by Gasteiger charge is 2.12. The molecular weight excluding hydrogens is 250 g/mol. The SMILES string of the molecule is Cc1cc(C(=O)Nc2[nH]ncc2C(N)=S)ccn1. The van der Waals surface area contributed by atoms with Gasteiger partial charge in [-0.25, -0.2) is 0 Å². The van der Waals surface area contributed by atoms with Crippen LogP contribution in [0.2, 0.25) is 0 Å². The van der Waals surface area contributed by atoms with Crippen molar-refractivity contribution >= 4 is 28.9 Å². The van der Waals surface area contributed by atoms with E-state index in [1.54, 1.807) is 18.3 Å². The van der Waals surface area contributed by atoms with Crippen LogP contribution in [0, 0.1) is 6.92 Å². The Hall–Kier alpha value is -2.28. The minimum atomic E-state index is -0.276. The van der Waals surface area contributed by atoms with Crippen molar-refractivity contribution in [1.29, 1.82) is 0 Å². The van der Waals surface area contributed by atoms with E-state index < -0.39 is 0 Å². The molecule has 1 amide bonds. The molecule has 0 aromatic carbocycles. The third kappa shape index (κ3) is 2.51. The third-order valence-electron chi connectivity index (χ3n) is 2.30. The normalized spacial score (nSPS) is 10.1. The Morgan fingerprint density at radius 3 is 3.00 bits per heavy atom. The largest absolute Gasteiger partial charge is 0.389 e. The number of hydrogen-bond donors (Lipinski definition) is 3. The Morgan fingerprint density at radius 2 is 2.33 bits per heavy atom. The number of rotatable bonds is 3. The number of thiocarbonyl (C=S) groups is 1. The molecule has 0 saturated carbocycles. The van der Waals surface area contributed by atoms with Crippen LogP contribution >= 0.6 is 12.2 Å². The van der Waals surface area contributed by atoms with E-state index in [1.807, 2.05) is 6.92 Å². The first-order valence-corrected chi connectivity index (χ1v) is 5.56. The van der Waals surface area contributed by atoms with Gasteiger partial charge in [0.05, 0.1) is 11.8 Å². The first kappa shape index (κ1) is 12.2. The monoisotopic (exact) mass is 261 g/mol. The van der Waals surface area contributed by atoms with Gasteiger partial charge in [0.1, 0.15) is 10.8 Å². The lowest BCUT2D eigenvalue weighted by atomic mass is 10.2. The molecule has 18 heavy (non-hydrogen) atoms. The molecule has 6 nitrogen and oxygen atoms in total. The number of pyridine rings is 1. The summed E-state index contributed by atoms with van der Waals surface area (Å²) in [7, 11) is 0. The van der Waals surface area contributed by atoms with Gasteiger partial charge in [-0.05, 0) is 19.1 Å². The van der Waals surface area contributed by atoms with E-state index in [0.717, 1.165) is 5.69 Å². The fourth-order valence-corrected chi connectivity index (χ4v) is 1.60. The van der Waals surface area contributed by atoms with Crippen LogP contribution < -0.4 is 11.1 Å². The lowest BCUT2D eigenvalue weighted by molar-refractivity contribution is 0.102. The number of carbonyl (C=O) groups excluding carboxylic acids is 1. The number of carbonyl (C=O) groups is 1. The molecule has 0 spiro atoms. The Morgan fingerprint density at radius 1 is 1.56 bits per heavy atom. The number of nitrogens with zero attached hydrogens (tertiary/aromatic N) is 2. The number of hydrogen-bond acceptors (Lipinski definition) is 4. The number of H-pyrrole nitrogens is 1. The summed E-state index contributed by atoms with van der Waals surface area (Å²) in [6, 6.07) is 3.31. The Labute approximate surface area is 109 Å². The summed E-state index contributed by atoms with van der Waals surface area (Å²) in [6.07, 6.45) is 3.04. The Balaban J connectivity index is 2.21. The van der Waals surface area contributed by atoms with Gasteiger partial charge in [0, 0.05) is 17.5 Å². The number of aromatic nitrogens is 3. The zero-order valence-corrected chi connectivity index (χ0v) is 10.4. The zero-order valence-electron chi connectivity index (χ0n) is 9.60. The number of anilines is 1. The van der Waals surface area contributed by atoms with Crippen LogP contribution in [0.15, 0.2) is 24.5 Å². The second-order valence-electron chi connectivity index (χ2n) is 3.66. The predicted octanol–water partition coefficient (Wildman–Crippen LogP) is 1.000. The van der Waals surface area contributed by atoms with E-state index in [4.69, 9.17) is 18.0 Å². The van der Waals surface area contributed by atoms with Crippen molar-refractivity contribution in [3.63, 3.8) is 0 Å². The van der Waals surface area contributed by atoms with Gasteiger partial charge in [0.2, 0.25) is 0 Å². The second kappa shape index (κ2) is 4.92. The first-order chi connectivity index (χ1) is 8.58. The summed E-state index contributed by atoms with van der Waals surface area (Å²) in [4.78, 5) is 16.2. The number of amides is 1. The van der Waals surface area contributed by atoms with Crippen molar-refractivity contribution in [2.75, 3.05) is 5.32 Å². The molecule has 4 N–H and O–H groups in total. The van der Waals surface area contributed by atoms with Crippen molar-refractivity contribution in [3.05, 3.63) is 41.3 Å². The molecule has 0 aliphatic heterocycles. The summed E-state index contributed by atoms with van der Waals surface area (Å²) in [5.74, 6) is 0.115.